The van der Waals surface area contributed by atoms with Gasteiger partial charge in [0, 0.05) is 43.5 Å². The molecule has 0 unspecified atom stereocenters. The molecule has 1 N–H and O–H groups in total. The number of nitrogens with zero attached hydrogens (tertiary/aromatic N) is 1. The molecule has 3 rings (SSSR count). The molecule has 35 heavy (non-hydrogen) atoms. The standard InChI is InChI=1S/C27H36FNO6/c1-6-21(28)16-22-19(4)35-27(17-25(22)34-18(2)3)9-11-29(12-10-27)26(31)20-7-8-23(33-14-13-30)24(15-20)32-5/h6-8,15-16,18,25,30H,4,9-14,17H2,1-3,5H3/b21-6+,22-16+/t25-/m0/s1. The van der Waals surface area contributed by atoms with Crippen molar-refractivity contribution in [1.29, 1.82) is 0 Å². The van der Waals surface area contributed by atoms with Gasteiger partial charge in [0.2, 0.25) is 0 Å². The lowest BCUT2D eigenvalue weighted by molar-refractivity contribution is -0.107. The molecule has 192 valence electrons. The third kappa shape index (κ3) is 6.44. The topological polar surface area (TPSA) is 77.5 Å². The predicted octanol–water partition coefficient (Wildman–Crippen LogP) is 4.57. The van der Waals surface area contributed by atoms with Crippen LogP contribution in [0.3, 0.4) is 0 Å². The molecule has 0 aromatic heterocycles. The highest BCUT2D eigenvalue weighted by Crippen LogP contribution is 2.43. The number of benzene rings is 1. The van der Waals surface area contributed by atoms with Gasteiger partial charge in [-0.15, -0.1) is 0 Å². The second-order valence-electron chi connectivity index (χ2n) is 9.09. The summed E-state index contributed by atoms with van der Waals surface area (Å²) in [6.07, 6.45) is 4.25. The Balaban J connectivity index is 1.72. The van der Waals surface area contributed by atoms with E-state index in [1.165, 1.54) is 19.3 Å². The minimum Gasteiger partial charge on any atom is -0.493 e. The van der Waals surface area contributed by atoms with Gasteiger partial charge in [-0.3, -0.25) is 4.79 Å². The molecule has 2 aliphatic heterocycles. The van der Waals surface area contributed by atoms with E-state index in [-0.39, 0.29) is 37.2 Å². The van der Waals surface area contributed by atoms with Crippen LogP contribution in [0.25, 0.3) is 0 Å². The summed E-state index contributed by atoms with van der Waals surface area (Å²) in [6.45, 7) is 10.6. The summed E-state index contributed by atoms with van der Waals surface area (Å²) in [5.74, 6) is 0.862. The van der Waals surface area contributed by atoms with E-state index < -0.39 is 5.60 Å². The Kier molecular flexibility index (Phi) is 8.97. The van der Waals surface area contributed by atoms with Crippen molar-refractivity contribution >= 4 is 5.91 Å². The molecule has 1 atom stereocenters. The van der Waals surface area contributed by atoms with E-state index in [0.717, 1.165) is 0 Å². The maximum Gasteiger partial charge on any atom is 0.253 e. The Hall–Kier alpha value is -2.84. The van der Waals surface area contributed by atoms with Crippen LogP contribution in [0.5, 0.6) is 11.5 Å². The predicted molar refractivity (Wildman–Crippen MR) is 131 cm³/mol. The first-order valence-electron chi connectivity index (χ1n) is 12.0. The minimum absolute atomic E-state index is 0.0407. The van der Waals surface area contributed by atoms with E-state index in [0.29, 0.717) is 60.7 Å². The third-order valence-corrected chi connectivity index (χ3v) is 6.29. The number of aliphatic hydroxyl groups excluding tert-OH is 1. The number of carbonyl (C=O) groups excluding carboxylic acids is 1. The van der Waals surface area contributed by atoms with Gasteiger partial charge >= 0.3 is 0 Å². The first-order valence-corrected chi connectivity index (χ1v) is 12.0. The van der Waals surface area contributed by atoms with E-state index >= 15 is 0 Å². The summed E-state index contributed by atoms with van der Waals surface area (Å²) in [6, 6.07) is 5.02. The van der Waals surface area contributed by atoms with Crippen molar-refractivity contribution in [3.63, 3.8) is 0 Å². The highest BCUT2D eigenvalue weighted by molar-refractivity contribution is 5.95. The number of aliphatic hydroxyl groups is 1. The zero-order chi connectivity index (χ0) is 25.6. The summed E-state index contributed by atoms with van der Waals surface area (Å²) in [5.41, 5.74) is 0.599. The summed E-state index contributed by atoms with van der Waals surface area (Å²) < 4.78 is 37.2. The quantitative estimate of drug-likeness (QED) is 0.577. The number of carbonyl (C=O) groups is 1. The molecule has 0 radical (unpaired) electrons. The number of methoxy groups -OCH3 is 1. The van der Waals surface area contributed by atoms with Crippen molar-refractivity contribution in [3.8, 4) is 11.5 Å². The van der Waals surface area contributed by atoms with Crippen LogP contribution < -0.4 is 9.47 Å². The molecule has 2 heterocycles. The van der Waals surface area contributed by atoms with Crippen LogP contribution in [-0.4, -0.2) is 67.1 Å². The Morgan fingerprint density at radius 1 is 1.34 bits per heavy atom. The van der Waals surface area contributed by atoms with Gasteiger partial charge in [-0.05, 0) is 45.0 Å². The number of likely N-dealkylation sites (tertiary alicyclic amines) is 1. The number of piperidine rings is 1. The average molecular weight is 490 g/mol. The SMILES string of the molecule is C=C1OC2(CCN(C(=O)c3ccc(OCCO)c(OC)c3)CC2)C[C@H](OC(C)C)/C1=C/C(F)=C\C. The monoisotopic (exact) mass is 489 g/mol. The van der Waals surface area contributed by atoms with Gasteiger partial charge in [0.05, 0.1) is 25.9 Å². The van der Waals surface area contributed by atoms with Crippen LogP contribution in [0.2, 0.25) is 0 Å². The third-order valence-electron chi connectivity index (χ3n) is 6.29. The van der Waals surface area contributed by atoms with Crippen LogP contribution in [0.4, 0.5) is 4.39 Å². The normalized spacial score (nSPS) is 21.4. The van der Waals surface area contributed by atoms with E-state index in [4.69, 9.17) is 24.1 Å². The summed E-state index contributed by atoms with van der Waals surface area (Å²) in [7, 11) is 1.51. The Morgan fingerprint density at radius 2 is 2.06 bits per heavy atom. The molecule has 0 aliphatic carbocycles. The Bertz CT molecular complexity index is 978. The molecule has 1 amide bonds. The number of amides is 1. The van der Waals surface area contributed by atoms with Crippen LogP contribution in [-0.2, 0) is 9.47 Å². The molecular formula is C27H36FNO6. The average Bonchev–Trinajstić information content (AvgIpc) is 2.84. The van der Waals surface area contributed by atoms with Gasteiger partial charge in [0.1, 0.15) is 23.8 Å². The number of halogens is 1. The maximum absolute atomic E-state index is 14.0. The fourth-order valence-electron chi connectivity index (χ4n) is 4.53. The van der Waals surface area contributed by atoms with Crippen molar-refractivity contribution in [1.82, 2.24) is 4.90 Å². The van der Waals surface area contributed by atoms with Gasteiger partial charge in [0.25, 0.3) is 5.91 Å². The summed E-state index contributed by atoms with van der Waals surface area (Å²) in [4.78, 5) is 15.0. The van der Waals surface area contributed by atoms with E-state index in [9.17, 15) is 9.18 Å². The molecule has 7 nitrogen and oxygen atoms in total. The molecule has 8 heteroatoms. The Morgan fingerprint density at radius 3 is 2.66 bits per heavy atom. The summed E-state index contributed by atoms with van der Waals surface area (Å²) in [5, 5.41) is 8.98. The Labute approximate surface area is 206 Å². The molecule has 2 aliphatic rings. The van der Waals surface area contributed by atoms with Gasteiger partial charge in [0.15, 0.2) is 11.5 Å². The molecular weight excluding hydrogens is 453 g/mol. The number of allylic oxidation sites excluding steroid dienone is 3. The molecule has 2 saturated heterocycles. The second-order valence-corrected chi connectivity index (χ2v) is 9.09. The van der Waals surface area contributed by atoms with Crippen LogP contribution >= 0.6 is 0 Å². The molecule has 1 aromatic carbocycles. The molecule has 0 bridgehead atoms. The van der Waals surface area contributed by atoms with Crippen molar-refractivity contribution in [2.24, 2.45) is 0 Å². The summed E-state index contributed by atoms with van der Waals surface area (Å²) >= 11 is 0. The lowest BCUT2D eigenvalue weighted by atomic mass is 9.80. The second kappa shape index (κ2) is 11.7. The molecule has 1 aromatic rings. The van der Waals surface area contributed by atoms with E-state index in [2.05, 4.69) is 6.58 Å². The van der Waals surface area contributed by atoms with Gasteiger partial charge in [-0.25, -0.2) is 4.39 Å². The fraction of sp³-hybridized carbons (Fsp3) is 0.519. The van der Waals surface area contributed by atoms with E-state index in [1.807, 2.05) is 13.8 Å². The van der Waals surface area contributed by atoms with Crippen molar-refractivity contribution in [2.45, 2.75) is 57.8 Å². The van der Waals surface area contributed by atoms with Crippen molar-refractivity contribution < 1.29 is 33.2 Å². The number of hydrogen-bond donors (Lipinski definition) is 1. The highest BCUT2D eigenvalue weighted by atomic mass is 19.1. The van der Waals surface area contributed by atoms with Crippen molar-refractivity contribution in [3.05, 3.63) is 59.7 Å². The van der Waals surface area contributed by atoms with Crippen LogP contribution in [0.1, 0.15) is 50.4 Å². The van der Waals surface area contributed by atoms with Crippen LogP contribution in [0.15, 0.2) is 54.1 Å². The maximum atomic E-state index is 14.0. The first-order chi connectivity index (χ1) is 16.7. The first kappa shape index (κ1) is 26.8. The highest BCUT2D eigenvalue weighted by Gasteiger charge is 2.45. The van der Waals surface area contributed by atoms with E-state index in [1.54, 1.807) is 30.0 Å². The number of rotatable bonds is 8. The van der Waals surface area contributed by atoms with Gasteiger partial charge < -0.3 is 29.0 Å². The largest absolute Gasteiger partial charge is 0.493 e. The lowest BCUT2D eigenvalue weighted by Gasteiger charge is -2.48. The lowest BCUT2D eigenvalue weighted by Crippen LogP contribution is -2.52. The fourth-order valence-corrected chi connectivity index (χ4v) is 4.53. The smallest absolute Gasteiger partial charge is 0.253 e. The zero-order valence-corrected chi connectivity index (χ0v) is 21.0. The molecule has 1 spiro atoms. The molecule has 2 fully saturated rings. The number of hydrogen-bond acceptors (Lipinski definition) is 6. The van der Waals surface area contributed by atoms with Crippen LogP contribution in [0, 0.1) is 0 Å². The van der Waals surface area contributed by atoms with Gasteiger partial charge in [-0.1, -0.05) is 12.7 Å². The minimum atomic E-state index is -0.517. The van der Waals surface area contributed by atoms with Crippen molar-refractivity contribution in [2.75, 3.05) is 33.4 Å². The molecule has 0 saturated carbocycles. The van der Waals surface area contributed by atoms with Gasteiger partial charge in [-0.2, -0.15) is 0 Å². The number of ether oxygens (including phenoxy) is 4. The zero-order valence-electron chi connectivity index (χ0n) is 21.0.